The van der Waals surface area contributed by atoms with E-state index in [-0.39, 0.29) is 11.9 Å². The molecule has 0 aliphatic carbocycles. The highest BCUT2D eigenvalue weighted by atomic mass is 16.5. The van der Waals surface area contributed by atoms with Crippen molar-refractivity contribution in [2.24, 2.45) is 0 Å². The van der Waals surface area contributed by atoms with Crippen molar-refractivity contribution >= 4 is 5.91 Å². The quantitative estimate of drug-likeness (QED) is 0.806. The third-order valence-electron chi connectivity index (χ3n) is 4.10. The number of carbonyl (C=O) groups is 1. The van der Waals surface area contributed by atoms with Gasteiger partial charge < -0.3 is 14.4 Å². The number of carbonyl (C=O) groups excluding carboxylic acids is 1. The first kappa shape index (κ1) is 16.4. The lowest BCUT2D eigenvalue weighted by atomic mass is 10.3. The summed E-state index contributed by atoms with van der Waals surface area (Å²) in [6.07, 6.45) is 2.23. The van der Waals surface area contributed by atoms with Crippen LogP contribution >= 0.6 is 0 Å². The second-order valence-electron chi connectivity index (χ2n) is 5.92. The standard InChI is InChI=1S/C17H22N4O3/c1-13(24-16-6-4-3-5-7-16)17(22)20-9-8-15(11-20)21-10-14(12-23-2)18-19-21/h3-7,10,13,15H,8-9,11-12H2,1-2H3/t13-,15+/m1/s1. The Hall–Kier alpha value is -2.41. The highest BCUT2D eigenvalue weighted by Gasteiger charge is 2.31. The van der Waals surface area contributed by atoms with E-state index < -0.39 is 6.10 Å². The van der Waals surface area contributed by atoms with Gasteiger partial charge in [0, 0.05) is 20.2 Å². The SMILES string of the molecule is COCc1cn([C@H]2CCN(C(=O)[C@@H](C)Oc3ccccc3)C2)nn1. The van der Waals surface area contributed by atoms with Crippen LogP contribution in [0.4, 0.5) is 0 Å². The van der Waals surface area contributed by atoms with Gasteiger partial charge in [0.1, 0.15) is 11.4 Å². The normalized spacial score (nSPS) is 18.6. The first-order valence-corrected chi connectivity index (χ1v) is 8.07. The Morgan fingerprint density at radius 2 is 2.17 bits per heavy atom. The van der Waals surface area contributed by atoms with Crippen LogP contribution in [0.2, 0.25) is 0 Å². The zero-order chi connectivity index (χ0) is 16.9. The Bertz CT molecular complexity index is 673. The van der Waals surface area contributed by atoms with Crippen LogP contribution in [-0.2, 0) is 16.1 Å². The topological polar surface area (TPSA) is 69.5 Å². The van der Waals surface area contributed by atoms with Crippen molar-refractivity contribution in [3.63, 3.8) is 0 Å². The van der Waals surface area contributed by atoms with Gasteiger partial charge in [0.25, 0.3) is 5.91 Å². The molecule has 2 aromatic rings. The van der Waals surface area contributed by atoms with Crippen molar-refractivity contribution < 1.29 is 14.3 Å². The Balaban J connectivity index is 1.57. The molecule has 1 saturated heterocycles. The van der Waals surface area contributed by atoms with Gasteiger partial charge >= 0.3 is 0 Å². The molecule has 7 nitrogen and oxygen atoms in total. The minimum Gasteiger partial charge on any atom is -0.481 e. The molecule has 24 heavy (non-hydrogen) atoms. The molecule has 0 saturated carbocycles. The van der Waals surface area contributed by atoms with E-state index in [1.807, 2.05) is 46.1 Å². The van der Waals surface area contributed by atoms with Crippen LogP contribution in [0.25, 0.3) is 0 Å². The molecule has 128 valence electrons. The van der Waals surface area contributed by atoms with Crippen LogP contribution in [0.1, 0.15) is 25.1 Å². The number of ether oxygens (including phenoxy) is 2. The van der Waals surface area contributed by atoms with E-state index in [1.165, 1.54) is 0 Å². The molecule has 0 N–H and O–H groups in total. The number of rotatable bonds is 6. The number of amides is 1. The molecule has 3 rings (SSSR count). The van der Waals surface area contributed by atoms with Gasteiger partial charge in [0.05, 0.1) is 18.8 Å². The molecule has 0 radical (unpaired) electrons. The highest BCUT2D eigenvalue weighted by molar-refractivity contribution is 5.81. The third kappa shape index (κ3) is 3.73. The van der Waals surface area contributed by atoms with E-state index in [0.717, 1.165) is 12.1 Å². The molecule has 2 atom stereocenters. The monoisotopic (exact) mass is 330 g/mol. The van der Waals surface area contributed by atoms with Crippen molar-refractivity contribution in [3.8, 4) is 5.75 Å². The molecule has 1 amide bonds. The van der Waals surface area contributed by atoms with Crippen LogP contribution in [0.15, 0.2) is 36.5 Å². The van der Waals surface area contributed by atoms with Crippen LogP contribution in [-0.4, -0.2) is 52.1 Å². The lowest BCUT2D eigenvalue weighted by Crippen LogP contribution is -2.39. The van der Waals surface area contributed by atoms with Gasteiger partial charge in [0.15, 0.2) is 6.10 Å². The van der Waals surface area contributed by atoms with Gasteiger partial charge in [-0.2, -0.15) is 0 Å². The van der Waals surface area contributed by atoms with Crippen LogP contribution in [0.5, 0.6) is 5.75 Å². The van der Waals surface area contributed by atoms with E-state index >= 15 is 0 Å². The largest absolute Gasteiger partial charge is 0.481 e. The fourth-order valence-corrected chi connectivity index (χ4v) is 2.87. The predicted molar refractivity (Wildman–Crippen MR) is 87.5 cm³/mol. The van der Waals surface area contributed by atoms with Gasteiger partial charge in [-0.25, -0.2) is 4.68 Å². The summed E-state index contributed by atoms with van der Waals surface area (Å²) in [6, 6.07) is 9.55. The summed E-state index contributed by atoms with van der Waals surface area (Å²) >= 11 is 0. The van der Waals surface area contributed by atoms with E-state index in [4.69, 9.17) is 9.47 Å². The predicted octanol–water partition coefficient (Wildman–Crippen LogP) is 1.67. The van der Waals surface area contributed by atoms with Crippen molar-refractivity contribution in [1.29, 1.82) is 0 Å². The maximum atomic E-state index is 12.6. The van der Waals surface area contributed by atoms with E-state index in [9.17, 15) is 4.79 Å². The van der Waals surface area contributed by atoms with Crippen LogP contribution in [0, 0.1) is 0 Å². The Morgan fingerprint density at radius 1 is 1.38 bits per heavy atom. The molecular weight excluding hydrogens is 308 g/mol. The zero-order valence-electron chi connectivity index (χ0n) is 14.0. The van der Waals surface area contributed by atoms with Crippen molar-refractivity contribution in [3.05, 3.63) is 42.2 Å². The summed E-state index contributed by atoms with van der Waals surface area (Å²) in [7, 11) is 1.63. The zero-order valence-corrected chi connectivity index (χ0v) is 14.0. The van der Waals surface area contributed by atoms with Crippen molar-refractivity contribution in [1.82, 2.24) is 19.9 Å². The molecule has 1 aliphatic heterocycles. The Labute approximate surface area is 141 Å². The molecule has 7 heteroatoms. The molecule has 2 heterocycles. The number of benzene rings is 1. The average Bonchev–Trinajstić information content (AvgIpc) is 3.24. The highest BCUT2D eigenvalue weighted by Crippen LogP contribution is 2.22. The number of nitrogens with zero attached hydrogens (tertiary/aromatic N) is 4. The molecular formula is C17H22N4O3. The first-order valence-electron chi connectivity index (χ1n) is 8.07. The number of para-hydroxylation sites is 1. The minimum atomic E-state index is -0.508. The van der Waals surface area contributed by atoms with E-state index in [1.54, 1.807) is 14.0 Å². The molecule has 1 fully saturated rings. The number of likely N-dealkylation sites (tertiary alicyclic amines) is 1. The van der Waals surface area contributed by atoms with Crippen molar-refractivity contribution in [2.45, 2.75) is 32.1 Å². The summed E-state index contributed by atoms with van der Waals surface area (Å²) in [4.78, 5) is 14.4. The lowest BCUT2D eigenvalue weighted by molar-refractivity contribution is -0.136. The second-order valence-corrected chi connectivity index (χ2v) is 5.92. The summed E-state index contributed by atoms with van der Waals surface area (Å²) in [5.74, 6) is 0.702. The average molecular weight is 330 g/mol. The fourth-order valence-electron chi connectivity index (χ4n) is 2.87. The molecule has 1 aromatic carbocycles. The number of hydrogen-bond acceptors (Lipinski definition) is 5. The third-order valence-corrected chi connectivity index (χ3v) is 4.10. The molecule has 0 spiro atoms. The summed E-state index contributed by atoms with van der Waals surface area (Å²) in [5.41, 5.74) is 0.794. The molecule has 0 unspecified atom stereocenters. The van der Waals surface area contributed by atoms with E-state index in [0.29, 0.717) is 25.4 Å². The summed E-state index contributed by atoms with van der Waals surface area (Å²) < 4.78 is 12.6. The summed E-state index contributed by atoms with van der Waals surface area (Å²) in [6.45, 7) is 3.55. The van der Waals surface area contributed by atoms with Gasteiger partial charge in [-0.15, -0.1) is 5.10 Å². The van der Waals surface area contributed by atoms with Gasteiger partial charge in [-0.05, 0) is 25.5 Å². The van der Waals surface area contributed by atoms with Gasteiger partial charge in [-0.3, -0.25) is 4.79 Å². The van der Waals surface area contributed by atoms with Crippen molar-refractivity contribution in [2.75, 3.05) is 20.2 Å². The second kappa shape index (κ2) is 7.44. The Morgan fingerprint density at radius 3 is 2.92 bits per heavy atom. The van der Waals surface area contributed by atoms with Gasteiger partial charge in [0.2, 0.25) is 0 Å². The number of hydrogen-bond donors (Lipinski definition) is 0. The van der Waals surface area contributed by atoms with Crippen LogP contribution < -0.4 is 4.74 Å². The molecule has 0 bridgehead atoms. The van der Waals surface area contributed by atoms with Crippen LogP contribution in [0.3, 0.4) is 0 Å². The number of methoxy groups -OCH3 is 1. The first-order chi connectivity index (χ1) is 11.7. The molecule has 1 aromatic heterocycles. The maximum absolute atomic E-state index is 12.6. The summed E-state index contributed by atoms with van der Waals surface area (Å²) in [5, 5.41) is 8.21. The van der Waals surface area contributed by atoms with E-state index in [2.05, 4.69) is 10.3 Å². The van der Waals surface area contributed by atoms with Gasteiger partial charge in [-0.1, -0.05) is 23.4 Å². The fraction of sp³-hybridized carbons (Fsp3) is 0.471. The molecule has 1 aliphatic rings. The number of aromatic nitrogens is 3. The minimum absolute atomic E-state index is 0.00131. The maximum Gasteiger partial charge on any atom is 0.263 e. The smallest absolute Gasteiger partial charge is 0.263 e. The lowest BCUT2D eigenvalue weighted by Gasteiger charge is -2.21. The Kier molecular flexibility index (Phi) is 5.10.